The molecule has 1 aromatic heterocycles. The van der Waals surface area contributed by atoms with Crippen molar-refractivity contribution in [2.24, 2.45) is 22.9 Å². The molecule has 540 valence electrons. The molecule has 7 aromatic rings. The maximum Gasteiger partial charge on any atom is 0.330 e. The topological polar surface area (TPSA) is 206 Å². The average molecular weight is 1410 g/mol. The number of hydrazone groups is 1. The third-order valence-corrected chi connectivity index (χ3v) is 19.9. The molecule has 10 rings (SSSR count). The highest BCUT2D eigenvalue weighted by atomic mass is 32.1. The largest absolute Gasteiger partial charge is 0.494 e. The lowest BCUT2D eigenvalue weighted by molar-refractivity contribution is -0.218. The molecule has 2 saturated carbocycles. The van der Waals surface area contributed by atoms with Gasteiger partial charge in [-0.15, -0.1) is 0 Å². The van der Waals surface area contributed by atoms with Crippen molar-refractivity contribution >= 4 is 62.7 Å². The summed E-state index contributed by atoms with van der Waals surface area (Å²) in [7, 11) is 0. The number of anilines is 1. The van der Waals surface area contributed by atoms with Gasteiger partial charge in [-0.25, -0.2) is 19.6 Å². The van der Waals surface area contributed by atoms with Crippen molar-refractivity contribution in [2.75, 3.05) is 51.2 Å². The average Bonchev–Trinajstić information content (AvgIpc) is 1.61. The SMILES string of the molecule is C=CC(=O)OCCCCCCOc1ccc(OC(=O)C2CCC(COOc3ccc(OC(=O)C4CCC(Oc5ccc(OCCCCCCOC(=O)C=C)cc5)CC4)cc3/C=N/N(CCCCCCCCCCOC(=O)C3c4ccccc4-c4ccccc43)c3nc4ccccc4s3)CC2)cc1. The van der Waals surface area contributed by atoms with E-state index >= 15 is 0 Å². The summed E-state index contributed by atoms with van der Waals surface area (Å²) in [6.45, 7) is 10.1. The summed E-state index contributed by atoms with van der Waals surface area (Å²) in [6, 6.07) is 44.3. The van der Waals surface area contributed by atoms with E-state index in [9.17, 15) is 24.0 Å². The van der Waals surface area contributed by atoms with E-state index in [2.05, 4.69) is 31.4 Å². The summed E-state index contributed by atoms with van der Waals surface area (Å²) < 4.78 is 47.2. The third kappa shape index (κ3) is 23.6. The Balaban J connectivity index is 0.697. The Labute approximate surface area is 603 Å². The van der Waals surface area contributed by atoms with Crippen LogP contribution in [0.5, 0.6) is 34.5 Å². The number of hydrogen-bond acceptors (Lipinski definition) is 19. The van der Waals surface area contributed by atoms with E-state index in [1.54, 1.807) is 60.0 Å². The number of thiazole rings is 1. The standard InChI is InChI=1S/C83H97N3O15S/c1-3-77(87)94-54-24-13-11-22-52-92-64-41-45-67(46-42-64)98-66-39-37-62(38-40-66)81(90)100-69-49-50-75(101-97-59-60-33-35-61(36-34-60)80(89)99-68-47-43-65(44-48-68)93-53-23-12-14-25-55-95-78(88)4-2)63(57-69)58-84-86(83-85-74-31-19-20-32-76(74)102-83)51-21-9-7-5-6-8-10-26-56-96-82(91)79-72-29-17-15-27-70(72)71-28-16-18-30-73(71)79/h3-4,15-20,27-32,41-50,57-58,60-62,66,79H,1-2,5-14,21-26,33-40,51-56,59H2/b84-58+. The smallest absolute Gasteiger partial charge is 0.330 e. The zero-order chi connectivity index (χ0) is 70.9. The Kier molecular flexibility index (Phi) is 30.2. The van der Waals surface area contributed by atoms with Crippen molar-refractivity contribution in [3.05, 3.63) is 182 Å². The molecule has 3 aliphatic rings. The van der Waals surface area contributed by atoms with E-state index in [1.807, 2.05) is 83.9 Å². The van der Waals surface area contributed by atoms with Gasteiger partial charge in [0.25, 0.3) is 0 Å². The highest BCUT2D eigenvalue weighted by Crippen LogP contribution is 2.45. The van der Waals surface area contributed by atoms with Gasteiger partial charge >= 0.3 is 29.8 Å². The summed E-state index contributed by atoms with van der Waals surface area (Å²) in [5.41, 5.74) is 5.69. The second-order valence-corrected chi connectivity index (χ2v) is 27.4. The second kappa shape index (κ2) is 40.9. The number of unbranched alkanes of at least 4 members (excludes halogenated alkanes) is 13. The molecule has 0 atom stereocenters. The van der Waals surface area contributed by atoms with Crippen LogP contribution in [0, 0.1) is 17.8 Å². The van der Waals surface area contributed by atoms with Crippen molar-refractivity contribution in [1.82, 2.24) is 4.98 Å². The number of carbonyl (C=O) groups excluding carboxylic acids is 5. The Morgan fingerprint density at radius 2 is 0.971 bits per heavy atom. The van der Waals surface area contributed by atoms with E-state index in [0.717, 1.165) is 165 Å². The van der Waals surface area contributed by atoms with Gasteiger partial charge in [0.2, 0.25) is 5.13 Å². The molecule has 19 heteroatoms. The van der Waals surface area contributed by atoms with Gasteiger partial charge in [-0.2, -0.15) is 9.99 Å². The molecule has 0 saturated heterocycles. The van der Waals surface area contributed by atoms with Crippen LogP contribution in [0.2, 0.25) is 0 Å². The molecule has 6 aromatic carbocycles. The first-order valence-electron chi connectivity index (χ1n) is 36.7. The second-order valence-electron chi connectivity index (χ2n) is 26.4. The van der Waals surface area contributed by atoms with Crippen molar-refractivity contribution in [1.29, 1.82) is 0 Å². The van der Waals surface area contributed by atoms with Gasteiger partial charge in [0, 0.05) is 24.3 Å². The molecule has 0 radical (unpaired) electrons. The fourth-order valence-corrected chi connectivity index (χ4v) is 14.1. The zero-order valence-electron chi connectivity index (χ0n) is 58.6. The predicted octanol–water partition coefficient (Wildman–Crippen LogP) is 18.2. The number of benzene rings is 6. The van der Waals surface area contributed by atoms with Crippen LogP contribution in [0.3, 0.4) is 0 Å². The van der Waals surface area contributed by atoms with Crippen LogP contribution in [-0.4, -0.2) is 93.3 Å². The van der Waals surface area contributed by atoms with Crippen LogP contribution in [0.15, 0.2) is 170 Å². The number of nitrogens with zero attached hydrogens (tertiary/aromatic N) is 3. The quantitative estimate of drug-likeness (QED) is 0.00509. The first-order chi connectivity index (χ1) is 50.1. The lowest BCUT2D eigenvalue weighted by Gasteiger charge is -2.28. The third-order valence-electron chi connectivity index (χ3n) is 18.9. The lowest BCUT2D eigenvalue weighted by Crippen LogP contribution is -2.30. The molecule has 0 aliphatic heterocycles. The molecule has 0 bridgehead atoms. The van der Waals surface area contributed by atoms with Crippen LogP contribution < -0.4 is 33.6 Å². The van der Waals surface area contributed by atoms with E-state index in [0.29, 0.717) is 113 Å². The monoisotopic (exact) mass is 1410 g/mol. The van der Waals surface area contributed by atoms with Crippen molar-refractivity contribution in [2.45, 2.75) is 166 Å². The summed E-state index contributed by atoms with van der Waals surface area (Å²) in [6.07, 6.45) is 24.6. The fraction of sp³-hybridized carbons (Fsp3) is 0.434. The molecular weight excluding hydrogens is 1310 g/mol. The lowest BCUT2D eigenvalue weighted by atomic mass is 9.82. The van der Waals surface area contributed by atoms with E-state index in [4.69, 9.17) is 57.8 Å². The first-order valence-corrected chi connectivity index (χ1v) is 37.5. The van der Waals surface area contributed by atoms with Crippen LogP contribution >= 0.6 is 11.3 Å². The number of rotatable bonds is 43. The molecule has 0 amide bonds. The van der Waals surface area contributed by atoms with Crippen LogP contribution in [0.4, 0.5) is 5.13 Å². The summed E-state index contributed by atoms with van der Waals surface area (Å²) in [5.74, 6) is 1.12. The Hall–Kier alpha value is -9.33. The summed E-state index contributed by atoms with van der Waals surface area (Å²) >= 11 is 1.58. The molecular formula is C83H97N3O15S. The molecule has 0 N–H and O–H groups in total. The van der Waals surface area contributed by atoms with Gasteiger partial charge < -0.3 is 42.8 Å². The molecule has 2 fully saturated rings. The van der Waals surface area contributed by atoms with Crippen molar-refractivity contribution < 1.29 is 71.6 Å². The van der Waals surface area contributed by atoms with Gasteiger partial charge in [0.1, 0.15) is 34.7 Å². The minimum atomic E-state index is -0.403. The maximum atomic E-state index is 14.0. The van der Waals surface area contributed by atoms with Gasteiger partial charge in [0.15, 0.2) is 5.75 Å². The van der Waals surface area contributed by atoms with Crippen LogP contribution in [-0.2, 0) is 43.1 Å². The van der Waals surface area contributed by atoms with Gasteiger partial charge in [-0.1, -0.05) is 124 Å². The molecule has 0 spiro atoms. The normalized spacial score (nSPS) is 16.3. The zero-order valence-corrected chi connectivity index (χ0v) is 59.4. The van der Waals surface area contributed by atoms with Crippen LogP contribution in [0.25, 0.3) is 21.3 Å². The number of para-hydroxylation sites is 1. The minimum Gasteiger partial charge on any atom is -0.494 e. The van der Waals surface area contributed by atoms with E-state index < -0.39 is 11.9 Å². The van der Waals surface area contributed by atoms with Gasteiger partial charge in [0.05, 0.1) is 74.0 Å². The molecule has 1 heterocycles. The number of esters is 5. The summed E-state index contributed by atoms with van der Waals surface area (Å²) in [4.78, 5) is 80.3. The Bertz CT molecular complexity index is 3760. The maximum absolute atomic E-state index is 14.0. The predicted molar refractivity (Wildman–Crippen MR) is 395 cm³/mol. The molecule has 3 aliphatic carbocycles. The van der Waals surface area contributed by atoms with Crippen molar-refractivity contribution in [3.8, 4) is 45.6 Å². The number of fused-ring (bicyclic) bond motifs is 4. The van der Waals surface area contributed by atoms with E-state index in [-0.39, 0.29) is 47.7 Å². The summed E-state index contributed by atoms with van der Waals surface area (Å²) in [5, 5.41) is 7.78. The number of carbonyl (C=O) groups is 5. The fourth-order valence-electron chi connectivity index (χ4n) is 13.1. The Morgan fingerprint density at radius 3 is 1.55 bits per heavy atom. The van der Waals surface area contributed by atoms with Gasteiger partial charge in [-0.3, -0.25) is 14.4 Å². The van der Waals surface area contributed by atoms with E-state index in [1.165, 1.54) is 12.2 Å². The van der Waals surface area contributed by atoms with Crippen LogP contribution in [0.1, 0.15) is 177 Å². The number of hydrogen-bond donors (Lipinski definition) is 0. The molecule has 18 nitrogen and oxygen atoms in total. The highest BCUT2D eigenvalue weighted by Gasteiger charge is 2.35. The molecule has 0 unspecified atom stereocenters. The minimum absolute atomic E-state index is 0.0439. The van der Waals surface area contributed by atoms with Gasteiger partial charge in [-0.05, 0) is 223 Å². The number of aromatic nitrogens is 1. The molecule has 102 heavy (non-hydrogen) atoms. The van der Waals surface area contributed by atoms with Crippen molar-refractivity contribution in [3.63, 3.8) is 0 Å². The first kappa shape index (κ1) is 75.3. The highest BCUT2D eigenvalue weighted by molar-refractivity contribution is 7.22. The number of ether oxygens (including phenoxy) is 8. The Morgan fingerprint density at radius 1 is 0.490 bits per heavy atom.